The number of esters is 1. The molecule has 4 heteroatoms. The van der Waals surface area contributed by atoms with Gasteiger partial charge in [-0.1, -0.05) is 54.6 Å². The summed E-state index contributed by atoms with van der Waals surface area (Å²) in [5.41, 5.74) is 1.05. The first-order valence-electron chi connectivity index (χ1n) is 7.45. The molecular formula is C18H22O3S. The summed E-state index contributed by atoms with van der Waals surface area (Å²) in [6.07, 6.45) is 0.765. The quantitative estimate of drug-likeness (QED) is 0.753. The molecule has 22 heavy (non-hydrogen) atoms. The molecule has 0 bridgehead atoms. The minimum absolute atomic E-state index is 0.0158. The van der Waals surface area contributed by atoms with Gasteiger partial charge in [-0.2, -0.15) is 0 Å². The highest BCUT2D eigenvalue weighted by Gasteiger charge is 2.67. The van der Waals surface area contributed by atoms with Gasteiger partial charge in [0, 0.05) is 11.0 Å². The van der Waals surface area contributed by atoms with Gasteiger partial charge in [-0.05, 0) is 32.6 Å². The van der Waals surface area contributed by atoms with E-state index in [9.17, 15) is 9.59 Å². The number of hydrogen-bond donors (Lipinski definition) is 0. The first kappa shape index (κ1) is 16.8. The number of ether oxygens (including phenoxy) is 1. The zero-order valence-corrected chi connectivity index (χ0v) is 14.3. The van der Waals surface area contributed by atoms with Gasteiger partial charge in [0.25, 0.3) is 0 Å². The lowest BCUT2D eigenvalue weighted by Crippen LogP contribution is -2.22. The Balaban J connectivity index is 2.05. The zero-order valence-electron chi connectivity index (χ0n) is 13.5. The van der Waals surface area contributed by atoms with Crippen LogP contribution in [0.3, 0.4) is 0 Å². The summed E-state index contributed by atoms with van der Waals surface area (Å²) in [6, 6.07) is 9.20. The molecule has 2 rings (SSSR count). The maximum atomic E-state index is 12.1. The summed E-state index contributed by atoms with van der Waals surface area (Å²) in [4.78, 5) is 24.2. The molecule has 2 atom stereocenters. The van der Waals surface area contributed by atoms with E-state index in [2.05, 4.69) is 6.92 Å². The van der Waals surface area contributed by atoms with Gasteiger partial charge in [0.15, 0.2) is 0 Å². The highest BCUT2D eigenvalue weighted by molar-refractivity contribution is 8.16. The van der Waals surface area contributed by atoms with Crippen LogP contribution in [0, 0.1) is 10.8 Å². The van der Waals surface area contributed by atoms with E-state index >= 15 is 0 Å². The Kier molecular flexibility index (Phi) is 4.81. The van der Waals surface area contributed by atoms with Crippen LogP contribution in [0.5, 0.6) is 0 Å². The molecule has 0 aliphatic heterocycles. The van der Waals surface area contributed by atoms with E-state index in [1.165, 1.54) is 11.8 Å². The fourth-order valence-electron chi connectivity index (χ4n) is 2.74. The molecule has 1 aromatic carbocycles. The van der Waals surface area contributed by atoms with Crippen LogP contribution in [0.2, 0.25) is 0 Å². The number of carbonyl (C=O) groups excluding carboxylic acids is 2. The predicted molar refractivity (Wildman–Crippen MR) is 89.6 cm³/mol. The van der Waals surface area contributed by atoms with Crippen LogP contribution in [0.15, 0.2) is 41.3 Å². The van der Waals surface area contributed by atoms with E-state index in [4.69, 9.17) is 4.74 Å². The number of rotatable bonds is 5. The topological polar surface area (TPSA) is 43.4 Å². The average Bonchev–Trinajstić information content (AvgIpc) is 3.10. The Hall–Kier alpha value is -1.55. The molecule has 1 aliphatic rings. The summed E-state index contributed by atoms with van der Waals surface area (Å²) >= 11 is 1.18. The monoisotopic (exact) mass is 318 g/mol. The van der Waals surface area contributed by atoms with Gasteiger partial charge in [-0.15, -0.1) is 0 Å². The third kappa shape index (κ3) is 2.98. The van der Waals surface area contributed by atoms with Crippen molar-refractivity contribution in [1.82, 2.24) is 0 Å². The van der Waals surface area contributed by atoms with Gasteiger partial charge in [0.05, 0.1) is 12.0 Å². The third-order valence-electron chi connectivity index (χ3n) is 4.75. The lowest BCUT2D eigenvalue weighted by Gasteiger charge is -2.18. The lowest BCUT2D eigenvalue weighted by atomic mass is 9.90. The fourth-order valence-corrected chi connectivity index (χ4v) is 3.56. The lowest BCUT2D eigenvalue weighted by molar-refractivity contribution is -0.150. The molecule has 0 saturated heterocycles. The summed E-state index contributed by atoms with van der Waals surface area (Å²) in [6.45, 7) is 8.19. The van der Waals surface area contributed by atoms with E-state index in [0.29, 0.717) is 12.2 Å². The molecule has 118 valence electrons. The second-order valence-electron chi connectivity index (χ2n) is 6.13. The molecule has 0 unspecified atom stereocenters. The largest absolute Gasteiger partial charge is 0.466 e. The van der Waals surface area contributed by atoms with Crippen molar-refractivity contribution in [2.45, 2.75) is 34.1 Å². The van der Waals surface area contributed by atoms with Crippen LogP contribution in [0.1, 0.15) is 44.5 Å². The van der Waals surface area contributed by atoms with Gasteiger partial charge < -0.3 is 4.74 Å². The minimum atomic E-state index is -0.472. The molecule has 1 fully saturated rings. The Morgan fingerprint density at radius 1 is 1.23 bits per heavy atom. The van der Waals surface area contributed by atoms with Gasteiger partial charge >= 0.3 is 5.97 Å². The highest BCUT2D eigenvalue weighted by atomic mass is 32.2. The predicted octanol–water partition coefficient (Wildman–Crippen LogP) is 4.44. The average molecular weight is 318 g/mol. The van der Waals surface area contributed by atoms with Gasteiger partial charge in [-0.25, -0.2) is 0 Å². The minimum Gasteiger partial charge on any atom is -0.466 e. The summed E-state index contributed by atoms with van der Waals surface area (Å²) in [7, 11) is 0. The van der Waals surface area contributed by atoms with E-state index in [-0.39, 0.29) is 16.5 Å². The SMILES string of the molecule is CCOC(=O)[C@]1(C)C[C@@]1(C)/C(C)=C\SC(=O)c1ccccc1. The van der Waals surface area contributed by atoms with Crippen molar-refractivity contribution in [1.29, 1.82) is 0 Å². The molecule has 0 heterocycles. The van der Waals surface area contributed by atoms with E-state index in [1.54, 1.807) is 12.1 Å². The molecule has 1 aromatic rings. The van der Waals surface area contributed by atoms with Crippen molar-refractivity contribution in [3.63, 3.8) is 0 Å². The first-order chi connectivity index (χ1) is 10.3. The van der Waals surface area contributed by atoms with Crippen molar-refractivity contribution in [2.24, 2.45) is 10.8 Å². The van der Waals surface area contributed by atoms with Gasteiger partial charge in [0.1, 0.15) is 0 Å². The van der Waals surface area contributed by atoms with Gasteiger partial charge in [0.2, 0.25) is 5.12 Å². The Labute approximate surface area is 136 Å². The van der Waals surface area contributed by atoms with Crippen LogP contribution in [0.25, 0.3) is 0 Å². The maximum Gasteiger partial charge on any atom is 0.312 e. The van der Waals surface area contributed by atoms with Crippen LogP contribution in [-0.4, -0.2) is 17.7 Å². The smallest absolute Gasteiger partial charge is 0.312 e. The van der Waals surface area contributed by atoms with Crippen molar-refractivity contribution in [3.05, 3.63) is 46.9 Å². The standard InChI is InChI=1S/C18H22O3S/c1-5-21-16(20)18(4)12-17(18,3)13(2)11-22-15(19)14-9-7-6-8-10-14/h6-11H,5,12H2,1-4H3/b13-11-/t17-,18-/m0/s1. The number of thioether (sulfide) groups is 1. The van der Waals surface area contributed by atoms with Crippen molar-refractivity contribution < 1.29 is 14.3 Å². The second kappa shape index (κ2) is 6.29. The normalized spacial score (nSPS) is 27.4. The first-order valence-corrected chi connectivity index (χ1v) is 8.33. The van der Waals surface area contributed by atoms with Crippen LogP contribution < -0.4 is 0 Å². The molecule has 3 nitrogen and oxygen atoms in total. The molecule has 0 spiro atoms. The van der Waals surface area contributed by atoms with Crippen molar-refractivity contribution in [3.8, 4) is 0 Å². The number of allylic oxidation sites excluding steroid dienone is 1. The Bertz CT molecular complexity index is 608. The van der Waals surface area contributed by atoms with E-state index < -0.39 is 5.41 Å². The molecule has 0 amide bonds. The summed E-state index contributed by atoms with van der Waals surface area (Å²) in [5.74, 6) is -0.148. The number of benzene rings is 1. The maximum absolute atomic E-state index is 12.1. The molecule has 1 aliphatic carbocycles. The second-order valence-corrected chi connectivity index (χ2v) is 6.98. The summed E-state index contributed by atoms with van der Waals surface area (Å²) < 4.78 is 5.17. The molecule has 0 radical (unpaired) electrons. The molecule has 0 N–H and O–H groups in total. The van der Waals surface area contributed by atoms with Crippen LogP contribution >= 0.6 is 11.8 Å². The Morgan fingerprint density at radius 2 is 1.86 bits per heavy atom. The molecule has 1 saturated carbocycles. The third-order valence-corrected chi connectivity index (χ3v) is 5.67. The van der Waals surface area contributed by atoms with E-state index in [1.807, 2.05) is 44.4 Å². The van der Waals surface area contributed by atoms with E-state index in [0.717, 1.165) is 12.0 Å². The highest BCUT2D eigenvalue weighted by Crippen LogP contribution is 2.68. The molecular weight excluding hydrogens is 296 g/mol. The van der Waals surface area contributed by atoms with Gasteiger partial charge in [-0.3, -0.25) is 9.59 Å². The van der Waals surface area contributed by atoms with Crippen LogP contribution in [0.4, 0.5) is 0 Å². The summed E-state index contributed by atoms with van der Waals surface area (Å²) in [5, 5.41) is 1.89. The zero-order chi connectivity index (χ0) is 16.4. The number of carbonyl (C=O) groups is 2. The van der Waals surface area contributed by atoms with Crippen LogP contribution in [-0.2, 0) is 9.53 Å². The fraction of sp³-hybridized carbons (Fsp3) is 0.444. The Morgan fingerprint density at radius 3 is 2.45 bits per heavy atom. The van der Waals surface area contributed by atoms with Crippen molar-refractivity contribution in [2.75, 3.05) is 6.61 Å². The van der Waals surface area contributed by atoms with Crippen molar-refractivity contribution >= 4 is 22.8 Å². The number of hydrogen-bond acceptors (Lipinski definition) is 4. The molecule has 0 aromatic heterocycles.